The third-order valence-electron chi connectivity index (χ3n) is 2.67. The number of benzene rings is 1. The summed E-state index contributed by atoms with van der Waals surface area (Å²) < 4.78 is 27.8. The van der Waals surface area contributed by atoms with E-state index in [2.05, 4.69) is 21.2 Å². The summed E-state index contributed by atoms with van der Waals surface area (Å²) in [5.41, 5.74) is 0.256. The monoisotopic (exact) mass is 365 g/mol. The maximum absolute atomic E-state index is 14.1. The van der Waals surface area contributed by atoms with Gasteiger partial charge in [0.25, 0.3) is 0 Å². The maximum Gasteiger partial charge on any atom is 0.137 e. The van der Waals surface area contributed by atoms with E-state index >= 15 is 0 Å². The maximum atomic E-state index is 14.1. The summed E-state index contributed by atoms with van der Waals surface area (Å²) in [5, 5.41) is 5.52. The Hall–Kier alpha value is -0.490. The van der Waals surface area contributed by atoms with E-state index in [1.165, 1.54) is 17.4 Å². The largest absolute Gasteiger partial charge is 0.306 e. The van der Waals surface area contributed by atoms with Gasteiger partial charge in [0.15, 0.2) is 0 Å². The molecule has 0 saturated heterocycles. The van der Waals surface area contributed by atoms with Crippen LogP contribution in [-0.4, -0.2) is 6.54 Å². The Kier molecular flexibility index (Phi) is 4.95. The van der Waals surface area contributed by atoms with Crippen LogP contribution in [-0.2, 0) is 0 Å². The van der Waals surface area contributed by atoms with Crippen LogP contribution in [0.25, 0.3) is 0 Å². The quantitative estimate of drug-likeness (QED) is 0.739. The zero-order valence-electron chi connectivity index (χ0n) is 10.0. The Bertz CT molecular complexity index is 588. The van der Waals surface area contributed by atoms with E-state index < -0.39 is 17.7 Å². The van der Waals surface area contributed by atoms with Crippen molar-refractivity contribution >= 4 is 38.9 Å². The first-order valence-corrected chi connectivity index (χ1v) is 7.70. The summed E-state index contributed by atoms with van der Waals surface area (Å²) >= 11 is 10.5. The predicted molar refractivity (Wildman–Crippen MR) is 78.9 cm³/mol. The number of halogens is 4. The fraction of sp³-hybridized carbons (Fsp3) is 0.231. The van der Waals surface area contributed by atoms with Gasteiger partial charge in [0, 0.05) is 10.4 Å². The number of rotatable bonds is 4. The van der Waals surface area contributed by atoms with Crippen molar-refractivity contribution in [2.24, 2.45) is 0 Å². The molecular weight excluding hydrogens is 356 g/mol. The molecule has 1 N–H and O–H groups in total. The van der Waals surface area contributed by atoms with E-state index in [0.717, 1.165) is 10.9 Å². The van der Waals surface area contributed by atoms with Gasteiger partial charge in [-0.25, -0.2) is 8.78 Å². The Morgan fingerprint density at radius 2 is 2.11 bits per heavy atom. The average molecular weight is 367 g/mol. The first-order valence-electron chi connectivity index (χ1n) is 5.65. The second-order valence-electron chi connectivity index (χ2n) is 3.91. The van der Waals surface area contributed by atoms with Gasteiger partial charge in [-0.3, -0.25) is 0 Å². The van der Waals surface area contributed by atoms with Crippen molar-refractivity contribution in [3.05, 3.63) is 55.1 Å². The molecule has 2 rings (SSSR count). The van der Waals surface area contributed by atoms with Crippen LogP contribution in [0, 0.1) is 11.6 Å². The minimum Gasteiger partial charge on any atom is -0.306 e. The number of thiophene rings is 1. The molecule has 1 unspecified atom stereocenters. The number of nitrogens with one attached hydrogen (secondary N) is 1. The molecule has 0 aliphatic rings. The minimum atomic E-state index is -0.494. The van der Waals surface area contributed by atoms with Crippen LogP contribution in [0.2, 0.25) is 5.02 Å². The van der Waals surface area contributed by atoms with E-state index in [1.54, 1.807) is 6.07 Å². The summed E-state index contributed by atoms with van der Waals surface area (Å²) in [6.07, 6.45) is 0. The van der Waals surface area contributed by atoms with Gasteiger partial charge in [-0.1, -0.05) is 18.5 Å². The first kappa shape index (κ1) is 14.9. The van der Waals surface area contributed by atoms with Gasteiger partial charge in [0.05, 0.1) is 15.5 Å². The number of hydrogen-bond acceptors (Lipinski definition) is 2. The van der Waals surface area contributed by atoms with E-state index in [1.807, 2.05) is 12.3 Å². The molecule has 0 radical (unpaired) electrons. The molecule has 1 heterocycles. The second-order valence-corrected chi connectivity index (χ2v) is 6.12. The zero-order chi connectivity index (χ0) is 14.0. The summed E-state index contributed by atoms with van der Waals surface area (Å²) in [6.45, 7) is 2.53. The van der Waals surface area contributed by atoms with Crippen molar-refractivity contribution in [2.45, 2.75) is 13.0 Å². The lowest BCUT2D eigenvalue weighted by atomic mass is 10.0. The van der Waals surface area contributed by atoms with Crippen LogP contribution in [0.5, 0.6) is 0 Å². The van der Waals surface area contributed by atoms with Gasteiger partial charge in [-0.05, 0) is 46.1 Å². The van der Waals surface area contributed by atoms with E-state index in [4.69, 9.17) is 11.6 Å². The highest BCUT2D eigenvalue weighted by molar-refractivity contribution is 9.10. The Balaban J connectivity index is 2.51. The molecule has 1 aromatic carbocycles. The Labute approximate surface area is 127 Å². The summed E-state index contributed by atoms with van der Waals surface area (Å²) in [6, 6.07) is 3.64. The summed E-state index contributed by atoms with van der Waals surface area (Å²) in [5.74, 6) is -0.962. The lowest BCUT2D eigenvalue weighted by Crippen LogP contribution is -2.22. The third-order valence-corrected chi connectivity index (χ3v) is 4.70. The molecule has 0 saturated carbocycles. The lowest BCUT2D eigenvalue weighted by Gasteiger charge is -2.18. The van der Waals surface area contributed by atoms with Crippen LogP contribution in [0.4, 0.5) is 8.78 Å². The summed E-state index contributed by atoms with van der Waals surface area (Å²) in [7, 11) is 0. The van der Waals surface area contributed by atoms with Crippen molar-refractivity contribution in [1.82, 2.24) is 5.32 Å². The molecule has 0 amide bonds. The zero-order valence-corrected chi connectivity index (χ0v) is 13.2. The average Bonchev–Trinajstić information content (AvgIpc) is 2.77. The third kappa shape index (κ3) is 3.16. The standard InChI is InChI=1S/C13H11BrClF2NS/c1-2-18-12(13-9(15)3-4-19-13)7-5-11(17)8(14)6-10(7)16/h3-6,12,18H,2H2,1H3. The molecule has 1 aromatic heterocycles. The van der Waals surface area contributed by atoms with Gasteiger partial charge in [0.1, 0.15) is 11.6 Å². The lowest BCUT2D eigenvalue weighted by molar-refractivity contribution is 0.545. The first-order chi connectivity index (χ1) is 9.04. The molecule has 0 aliphatic carbocycles. The van der Waals surface area contributed by atoms with Crippen LogP contribution < -0.4 is 5.32 Å². The molecule has 0 fully saturated rings. The van der Waals surface area contributed by atoms with Crippen molar-refractivity contribution in [3.8, 4) is 0 Å². The van der Waals surface area contributed by atoms with Crippen LogP contribution in [0.15, 0.2) is 28.1 Å². The normalized spacial score (nSPS) is 12.7. The molecule has 1 nitrogen and oxygen atoms in total. The van der Waals surface area contributed by atoms with Crippen molar-refractivity contribution in [1.29, 1.82) is 0 Å². The van der Waals surface area contributed by atoms with Gasteiger partial charge in [0.2, 0.25) is 0 Å². The van der Waals surface area contributed by atoms with Crippen molar-refractivity contribution < 1.29 is 8.78 Å². The highest BCUT2D eigenvalue weighted by atomic mass is 79.9. The minimum absolute atomic E-state index is 0.112. The molecular formula is C13H11BrClF2NS. The van der Waals surface area contributed by atoms with E-state index in [0.29, 0.717) is 11.6 Å². The molecule has 19 heavy (non-hydrogen) atoms. The second kappa shape index (κ2) is 6.31. The summed E-state index contributed by atoms with van der Waals surface area (Å²) in [4.78, 5) is 0.782. The Morgan fingerprint density at radius 1 is 1.37 bits per heavy atom. The SMILES string of the molecule is CCNC(c1cc(F)c(Br)cc1F)c1sccc1Cl. The van der Waals surface area contributed by atoms with Crippen molar-refractivity contribution in [3.63, 3.8) is 0 Å². The highest BCUT2D eigenvalue weighted by Gasteiger charge is 2.22. The fourth-order valence-electron chi connectivity index (χ4n) is 1.82. The molecule has 0 spiro atoms. The van der Waals surface area contributed by atoms with E-state index in [-0.39, 0.29) is 10.0 Å². The predicted octanol–water partition coefficient (Wildman–Crippen LogP) is 5.14. The Morgan fingerprint density at radius 3 is 2.68 bits per heavy atom. The molecule has 2 aromatic rings. The molecule has 1 atom stereocenters. The van der Waals surface area contributed by atoms with Crippen LogP contribution in [0.3, 0.4) is 0 Å². The van der Waals surface area contributed by atoms with Gasteiger partial charge < -0.3 is 5.32 Å². The number of hydrogen-bond donors (Lipinski definition) is 1. The molecule has 0 bridgehead atoms. The van der Waals surface area contributed by atoms with Crippen molar-refractivity contribution in [2.75, 3.05) is 6.54 Å². The topological polar surface area (TPSA) is 12.0 Å². The highest BCUT2D eigenvalue weighted by Crippen LogP contribution is 2.35. The molecule has 0 aliphatic heterocycles. The molecule has 102 valence electrons. The smallest absolute Gasteiger partial charge is 0.137 e. The van der Waals surface area contributed by atoms with Gasteiger partial charge >= 0.3 is 0 Å². The van der Waals surface area contributed by atoms with Gasteiger partial charge in [-0.2, -0.15) is 0 Å². The van der Waals surface area contributed by atoms with Gasteiger partial charge in [-0.15, -0.1) is 11.3 Å². The fourth-order valence-corrected chi connectivity index (χ4v) is 3.39. The van der Waals surface area contributed by atoms with Crippen LogP contribution >= 0.6 is 38.9 Å². The van der Waals surface area contributed by atoms with E-state index in [9.17, 15) is 8.78 Å². The van der Waals surface area contributed by atoms with Crippen LogP contribution in [0.1, 0.15) is 23.4 Å². The molecule has 6 heteroatoms.